The van der Waals surface area contributed by atoms with Crippen molar-refractivity contribution < 1.29 is 14.7 Å². The molecular weight excluding hydrogens is 198 g/mol. The molecule has 2 rings (SSSR count). The molecule has 15 heavy (non-hydrogen) atoms. The molecule has 6 heteroatoms. The van der Waals surface area contributed by atoms with E-state index < -0.39 is 11.9 Å². The number of carbonyl (C=O) groups excluding carboxylic acids is 1. The van der Waals surface area contributed by atoms with Crippen molar-refractivity contribution in [1.29, 1.82) is 0 Å². The van der Waals surface area contributed by atoms with Crippen molar-refractivity contribution in [3.63, 3.8) is 0 Å². The molecule has 1 aromatic heterocycles. The fraction of sp³-hybridized carbons (Fsp3) is 0.444. The molecule has 0 radical (unpaired) electrons. The number of carbonyl (C=O) groups is 2. The molecule has 0 bridgehead atoms. The molecule has 1 atom stereocenters. The lowest BCUT2D eigenvalue weighted by molar-refractivity contribution is -0.141. The number of aromatic amines is 1. The van der Waals surface area contributed by atoms with Gasteiger partial charge in [-0.05, 0) is 6.42 Å². The van der Waals surface area contributed by atoms with Crippen LogP contribution in [0.3, 0.4) is 0 Å². The van der Waals surface area contributed by atoms with Gasteiger partial charge in [-0.15, -0.1) is 0 Å². The molecule has 0 aromatic carbocycles. The van der Waals surface area contributed by atoms with E-state index in [4.69, 9.17) is 5.11 Å². The number of aromatic nitrogens is 2. The summed E-state index contributed by atoms with van der Waals surface area (Å²) in [6, 6.07) is 0. The van der Waals surface area contributed by atoms with Crippen molar-refractivity contribution >= 4 is 11.9 Å². The third-order valence-electron chi connectivity index (χ3n) is 2.57. The Morgan fingerprint density at radius 3 is 2.93 bits per heavy atom. The average molecular weight is 209 g/mol. The van der Waals surface area contributed by atoms with Crippen molar-refractivity contribution in [2.24, 2.45) is 5.92 Å². The Morgan fingerprint density at radius 2 is 2.40 bits per heavy atom. The zero-order valence-corrected chi connectivity index (χ0v) is 8.01. The summed E-state index contributed by atoms with van der Waals surface area (Å²) in [6.07, 6.45) is 3.48. The summed E-state index contributed by atoms with van der Waals surface area (Å²) < 4.78 is 0. The largest absolute Gasteiger partial charge is 0.481 e. The van der Waals surface area contributed by atoms with Crippen LogP contribution < -0.4 is 0 Å². The van der Waals surface area contributed by atoms with Gasteiger partial charge in [0, 0.05) is 19.3 Å². The Kier molecular flexibility index (Phi) is 2.40. The standard InChI is InChI=1S/C9H11N3O3/c13-8(7-3-10-11-4-7)12-2-1-6(5-12)9(14)15/h3-4,6H,1-2,5H2,(H,10,11)(H,14,15)/t6-/m1/s1. The van der Waals surface area contributed by atoms with Gasteiger partial charge >= 0.3 is 5.97 Å². The Balaban J connectivity index is 2.02. The summed E-state index contributed by atoms with van der Waals surface area (Å²) in [7, 11) is 0. The number of carboxylic acid groups (broad SMARTS) is 1. The SMILES string of the molecule is O=C(O)[C@@H]1CCN(C(=O)c2cn[nH]c2)C1. The molecule has 1 amide bonds. The normalized spacial score (nSPS) is 20.5. The second-order valence-electron chi connectivity index (χ2n) is 3.56. The van der Waals surface area contributed by atoms with Crippen LogP contribution in [0.4, 0.5) is 0 Å². The van der Waals surface area contributed by atoms with Crippen LogP contribution in [-0.4, -0.2) is 45.2 Å². The molecule has 0 saturated carbocycles. The van der Waals surface area contributed by atoms with Crippen LogP contribution in [-0.2, 0) is 4.79 Å². The van der Waals surface area contributed by atoms with E-state index in [1.54, 1.807) is 4.90 Å². The molecule has 1 saturated heterocycles. The zero-order chi connectivity index (χ0) is 10.8. The predicted octanol–water partition coefficient (Wildman–Crippen LogP) is -0.0436. The summed E-state index contributed by atoms with van der Waals surface area (Å²) in [5, 5.41) is 15.0. The van der Waals surface area contributed by atoms with Crippen LogP contribution >= 0.6 is 0 Å². The third-order valence-corrected chi connectivity index (χ3v) is 2.57. The van der Waals surface area contributed by atoms with Crippen molar-refractivity contribution in [3.8, 4) is 0 Å². The van der Waals surface area contributed by atoms with Crippen molar-refractivity contribution in [2.75, 3.05) is 13.1 Å². The first-order chi connectivity index (χ1) is 7.18. The van der Waals surface area contributed by atoms with Gasteiger partial charge in [0.25, 0.3) is 5.91 Å². The first-order valence-electron chi connectivity index (χ1n) is 4.69. The highest BCUT2D eigenvalue weighted by Crippen LogP contribution is 2.18. The quantitative estimate of drug-likeness (QED) is 0.715. The van der Waals surface area contributed by atoms with E-state index in [0.29, 0.717) is 25.1 Å². The average Bonchev–Trinajstić information content (AvgIpc) is 2.88. The van der Waals surface area contributed by atoms with Crippen LogP contribution in [0.5, 0.6) is 0 Å². The molecular formula is C9H11N3O3. The zero-order valence-electron chi connectivity index (χ0n) is 8.01. The monoisotopic (exact) mass is 209 g/mol. The number of H-pyrrole nitrogens is 1. The lowest BCUT2D eigenvalue weighted by atomic mass is 10.1. The topological polar surface area (TPSA) is 86.3 Å². The van der Waals surface area contributed by atoms with E-state index >= 15 is 0 Å². The fourth-order valence-corrected chi connectivity index (χ4v) is 1.70. The molecule has 1 aromatic rings. The lowest BCUT2D eigenvalue weighted by Gasteiger charge is -2.13. The van der Waals surface area contributed by atoms with Gasteiger partial charge in [0.2, 0.25) is 0 Å². The highest BCUT2D eigenvalue weighted by molar-refractivity contribution is 5.94. The second kappa shape index (κ2) is 3.72. The predicted molar refractivity (Wildman–Crippen MR) is 50.2 cm³/mol. The lowest BCUT2D eigenvalue weighted by Crippen LogP contribution is -2.29. The molecule has 0 spiro atoms. The minimum absolute atomic E-state index is 0.160. The number of aliphatic carboxylic acids is 1. The van der Waals surface area contributed by atoms with Gasteiger partial charge in [0.05, 0.1) is 17.7 Å². The van der Waals surface area contributed by atoms with Gasteiger partial charge in [-0.2, -0.15) is 5.10 Å². The van der Waals surface area contributed by atoms with Gasteiger partial charge in [0.15, 0.2) is 0 Å². The molecule has 80 valence electrons. The third kappa shape index (κ3) is 1.83. The number of hydrogen-bond acceptors (Lipinski definition) is 3. The number of likely N-dealkylation sites (tertiary alicyclic amines) is 1. The van der Waals surface area contributed by atoms with Gasteiger partial charge in [-0.3, -0.25) is 14.7 Å². The maximum absolute atomic E-state index is 11.7. The van der Waals surface area contributed by atoms with Crippen LogP contribution in [0.25, 0.3) is 0 Å². The highest BCUT2D eigenvalue weighted by Gasteiger charge is 2.31. The van der Waals surface area contributed by atoms with Crippen molar-refractivity contribution in [3.05, 3.63) is 18.0 Å². The molecule has 0 unspecified atom stereocenters. The minimum atomic E-state index is -0.836. The molecule has 1 aliphatic rings. The summed E-state index contributed by atoms with van der Waals surface area (Å²) >= 11 is 0. The molecule has 2 N–H and O–H groups in total. The van der Waals surface area contributed by atoms with E-state index in [0.717, 1.165) is 0 Å². The van der Waals surface area contributed by atoms with Crippen LogP contribution in [0.2, 0.25) is 0 Å². The smallest absolute Gasteiger partial charge is 0.308 e. The van der Waals surface area contributed by atoms with Gasteiger partial charge in [-0.25, -0.2) is 0 Å². The Hall–Kier alpha value is -1.85. The first kappa shape index (κ1) is 9.70. The summed E-state index contributed by atoms with van der Waals surface area (Å²) in [5.41, 5.74) is 0.473. The molecule has 1 aliphatic heterocycles. The van der Waals surface area contributed by atoms with Crippen molar-refractivity contribution in [1.82, 2.24) is 15.1 Å². The van der Waals surface area contributed by atoms with E-state index in [2.05, 4.69) is 10.2 Å². The number of rotatable bonds is 2. The first-order valence-corrected chi connectivity index (χ1v) is 4.69. The number of carboxylic acids is 1. The molecule has 1 fully saturated rings. The van der Waals surface area contributed by atoms with Gasteiger partial charge in [-0.1, -0.05) is 0 Å². The van der Waals surface area contributed by atoms with Crippen molar-refractivity contribution in [2.45, 2.75) is 6.42 Å². The van der Waals surface area contributed by atoms with E-state index in [-0.39, 0.29) is 5.91 Å². The van der Waals surface area contributed by atoms with Crippen LogP contribution in [0.1, 0.15) is 16.8 Å². The van der Waals surface area contributed by atoms with Crippen LogP contribution in [0, 0.1) is 5.92 Å². The maximum Gasteiger partial charge on any atom is 0.308 e. The Bertz CT molecular complexity index is 374. The maximum atomic E-state index is 11.7. The molecule has 0 aliphatic carbocycles. The molecule has 6 nitrogen and oxygen atoms in total. The number of nitrogens with zero attached hydrogens (tertiary/aromatic N) is 2. The van der Waals surface area contributed by atoms with E-state index in [1.165, 1.54) is 12.4 Å². The van der Waals surface area contributed by atoms with E-state index in [9.17, 15) is 9.59 Å². The van der Waals surface area contributed by atoms with E-state index in [1.807, 2.05) is 0 Å². The molecule has 2 heterocycles. The Labute approximate surface area is 85.9 Å². The highest BCUT2D eigenvalue weighted by atomic mass is 16.4. The van der Waals surface area contributed by atoms with Crippen LogP contribution in [0.15, 0.2) is 12.4 Å². The number of hydrogen-bond donors (Lipinski definition) is 2. The van der Waals surface area contributed by atoms with Gasteiger partial charge < -0.3 is 10.0 Å². The summed E-state index contributed by atoms with van der Waals surface area (Å²) in [5.74, 6) is -1.43. The number of amides is 1. The van der Waals surface area contributed by atoms with Gasteiger partial charge in [0.1, 0.15) is 0 Å². The number of nitrogens with one attached hydrogen (secondary N) is 1. The minimum Gasteiger partial charge on any atom is -0.481 e. The summed E-state index contributed by atoms with van der Waals surface area (Å²) in [4.78, 5) is 24.0. The second-order valence-corrected chi connectivity index (χ2v) is 3.56. The summed E-state index contributed by atoms with van der Waals surface area (Å²) in [6.45, 7) is 0.792. The fourth-order valence-electron chi connectivity index (χ4n) is 1.70. The Morgan fingerprint density at radius 1 is 1.60 bits per heavy atom.